The molecule has 144 valence electrons. The van der Waals surface area contributed by atoms with Gasteiger partial charge in [-0.15, -0.1) is 0 Å². The minimum absolute atomic E-state index is 0.134. The molecule has 4 aliphatic heterocycles. The number of rotatable bonds is 4. The van der Waals surface area contributed by atoms with Gasteiger partial charge in [-0.05, 0) is 27.5 Å². The van der Waals surface area contributed by atoms with Crippen molar-refractivity contribution in [2.24, 2.45) is 5.92 Å². The lowest BCUT2D eigenvalue weighted by atomic mass is 9.64. The molecule has 2 aromatic carbocycles. The van der Waals surface area contributed by atoms with Crippen molar-refractivity contribution in [3.8, 4) is 0 Å². The summed E-state index contributed by atoms with van der Waals surface area (Å²) in [5.74, 6) is 0.639. The SMILES string of the molecule is c1ccc(C23CN4CCN(CC(C4)C2NCc2cccc4nonc24)C3)cc1. The molecule has 3 aromatic rings. The molecule has 4 saturated heterocycles. The van der Waals surface area contributed by atoms with E-state index in [-0.39, 0.29) is 5.41 Å². The molecule has 4 aliphatic rings. The van der Waals surface area contributed by atoms with Crippen molar-refractivity contribution in [2.45, 2.75) is 18.0 Å². The zero-order valence-electron chi connectivity index (χ0n) is 15.9. The van der Waals surface area contributed by atoms with Crippen molar-refractivity contribution in [2.75, 3.05) is 39.3 Å². The summed E-state index contributed by atoms with van der Waals surface area (Å²) in [4.78, 5) is 5.37. The maximum Gasteiger partial charge on any atom is 0.139 e. The molecule has 3 unspecified atom stereocenters. The fraction of sp³-hybridized carbons (Fsp3) is 0.455. The van der Waals surface area contributed by atoms with Crippen molar-refractivity contribution in [1.29, 1.82) is 0 Å². The van der Waals surface area contributed by atoms with Gasteiger partial charge in [-0.2, -0.15) is 0 Å². The second-order valence-corrected chi connectivity index (χ2v) is 8.66. The number of nitrogens with zero attached hydrogens (tertiary/aromatic N) is 4. The van der Waals surface area contributed by atoms with E-state index in [1.165, 1.54) is 31.7 Å². The van der Waals surface area contributed by atoms with Crippen LogP contribution in [0, 0.1) is 5.92 Å². The van der Waals surface area contributed by atoms with Gasteiger partial charge in [-0.25, -0.2) is 4.63 Å². The molecule has 0 amide bonds. The molecule has 1 aromatic heterocycles. The summed E-state index contributed by atoms with van der Waals surface area (Å²) in [5, 5.41) is 12.1. The largest absolute Gasteiger partial charge is 0.308 e. The van der Waals surface area contributed by atoms with E-state index in [4.69, 9.17) is 4.63 Å². The van der Waals surface area contributed by atoms with E-state index in [9.17, 15) is 0 Å². The Morgan fingerprint density at radius 3 is 2.54 bits per heavy atom. The van der Waals surface area contributed by atoms with E-state index in [0.717, 1.165) is 36.2 Å². The summed E-state index contributed by atoms with van der Waals surface area (Å²) < 4.78 is 4.96. The average molecular weight is 375 g/mol. The van der Waals surface area contributed by atoms with E-state index < -0.39 is 0 Å². The monoisotopic (exact) mass is 375 g/mol. The zero-order valence-corrected chi connectivity index (χ0v) is 15.9. The van der Waals surface area contributed by atoms with Crippen LogP contribution in [0.15, 0.2) is 53.2 Å². The second-order valence-electron chi connectivity index (χ2n) is 8.66. The molecular formula is C22H25N5O. The molecule has 6 heteroatoms. The van der Waals surface area contributed by atoms with Crippen LogP contribution in [0.1, 0.15) is 11.1 Å². The molecular weight excluding hydrogens is 350 g/mol. The third-order valence-electron chi connectivity index (χ3n) is 7.03. The standard InChI is InChI=1S/C22H25N5O/c1-2-6-18(7-3-1)22-14-26-9-10-27(15-22)13-17(12-26)21(22)23-11-16-5-4-8-19-20(16)25-28-24-19/h1-8,17,21,23H,9-15H2. The fourth-order valence-electron chi connectivity index (χ4n) is 5.90. The molecule has 1 N–H and O–H groups in total. The van der Waals surface area contributed by atoms with Gasteiger partial charge in [0, 0.05) is 63.2 Å². The highest BCUT2D eigenvalue weighted by atomic mass is 16.6. The van der Waals surface area contributed by atoms with Crippen LogP contribution in [0.2, 0.25) is 0 Å². The normalized spacial score (nSPS) is 34.0. The minimum atomic E-state index is 0.134. The lowest BCUT2D eigenvalue weighted by Crippen LogP contribution is -2.69. The predicted octanol–water partition coefficient (Wildman–Crippen LogP) is 1.88. The first-order chi connectivity index (χ1) is 13.8. The number of hydrogen-bond acceptors (Lipinski definition) is 6. The Kier molecular flexibility index (Phi) is 3.79. The number of nitrogens with one attached hydrogen (secondary N) is 1. The van der Waals surface area contributed by atoms with Gasteiger partial charge >= 0.3 is 0 Å². The number of benzene rings is 2. The second kappa shape index (κ2) is 6.37. The van der Waals surface area contributed by atoms with E-state index in [2.05, 4.69) is 61.8 Å². The molecule has 6 nitrogen and oxygen atoms in total. The van der Waals surface area contributed by atoms with E-state index >= 15 is 0 Å². The van der Waals surface area contributed by atoms with Crippen molar-refractivity contribution < 1.29 is 4.63 Å². The lowest BCUT2D eigenvalue weighted by molar-refractivity contribution is 0.0175. The van der Waals surface area contributed by atoms with Crippen LogP contribution in [0.5, 0.6) is 0 Å². The molecule has 0 spiro atoms. The first-order valence-corrected chi connectivity index (χ1v) is 10.3. The highest BCUT2D eigenvalue weighted by Crippen LogP contribution is 2.43. The quantitative estimate of drug-likeness (QED) is 0.752. The van der Waals surface area contributed by atoms with Gasteiger partial charge in [-0.1, -0.05) is 42.5 Å². The van der Waals surface area contributed by atoms with Crippen LogP contribution in [-0.4, -0.2) is 65.4 Å². The van der Waals surface area contributed by atoms with Gasteiger partial charge in [-0.3, -0.25) is 0 Å². The van der Waals surface area contributed by atoms with Crippen LogP contribution >= 0.6 is 0 Å². The molecule has 28 heavy (non-hydrogen) atoms. The van der Waals surface area contributed by atoms with Gasteiger partial charge in [0.1, 0.15) is 11.0 Å². The minimum Gasteiger partial charge on any atom is -0.308 e. The zero-order chi connectivity index (χ0) is 18.6. The summed E-state index contributed by atoms with van der Waals surface area (Å²) in [5.41, 5.74) is 4.47. The number of piperidine rings is 2. The molecule has 4 bridgehead atoms. The Balaban J connectivity index is 1.37. The first kappa shape index (κ1) is 16.7. The third kappa shape index (κ3) is 2.52. The Hall–Kier alpha value is -2.28. The lowest BCUT2D eigenvalue weighted by Gasteiger charge is -2.56. The van der Waals surface area contributed by atoms with Crippen molar-refractivity contribution in [3.63, 3.8) is 0 Å². The Morgan fingerprint density at radius 1 is 0.964 bits per heavy atom. The Bertz CT molecular complexity index is 971. The van der Waals surface area contributed by atoms with Gasteiger partial charge < -0.3 is 15.1 Å². The maximum absolute atomic E-state index is 4.96. The summed E-state index contributed by atoms with van der Waals surface area (Å²) >= 11 is 0. The van der Waals surface area contributed by atoms with Crippen molar-refractivity contribution in [1.82, 2.24) is 25.4 Å². The molecule has 7 rings (SSSR count). The summed E-state index contributed by atoms with van der Waals surface area (Å²) in [7, 11) is 0. The van der Waals surface area contributed by atoms with Gasteiger partial charge in [0.2, 0.25) is 0 Å². The highest BCUT2D eigenvalue weighted by molar-refractivity contribution is 5.76. The Morgan fingerprint density at radius 2 is 1.75 bits per heavy atom. The highest BCUT2D eigenvalue weighted by Gasteiger charge is 2.54. The Labute approximate surface area is 164 Å². The molecule has 0 aliphatic carbocycles. The summed E-state index contributed by atoms with van der Waals surface area (Å²) in [6, 6.07) is 17.7. The number of aromatic nitrogens is 2. The molecule has 4 fully saturated rings. The van der Waals surface area contributed by atoms with E-state index in [1.807, 2.05) is 12.1 Å². The molecule has 0 radical (unpaired) electrons. The smallest absolute Gasteiger partial charge is 0.139 e. The van der Waals surface area contributed by atoms with Crippen LogP contribution in [0.4, 0.5) is 0 Å². The average Bonchev–Trinajstić information content (AvgIpc) is 3.08. The van der Waals surface area contributed by atoms with Gasteiger partial charge in [0.25, 0.3) is 0 Å². The van der Waals surface area contributed by atoms with Crippen LogP contribution in [0.3, 0.4) is 0 Å². The van der Waals surface area contributed by atoms with Crippen molar-refractivity contribution in [3.05, 3.63) is 59.7 Å². The third-order valence-corrected chi connectivity index (χ3v) is 7.03. The van der Waals surface area contributed by atoms with Crippen molar-refractivity contribution >= 4 is 11.0 Å². The topological polar surface area (TPSA) is 57.4 Å². The van der Waals surface area contributed by atoms with Crippen LogP contribution < -0.4 is 5.32 Å². The molecule has 0 saturated carbocycles. The van der Waals surface area contributed by atoms with E-state index in [0.29, 0.717) is 12.0 Å². The number of fused-ring (bicyclic) bond motifs is 2. The number of hydrogen-bond donors (Lipinski definition) is 1. The van der Waals surface area contributed by atoms with Crippen LogP contribution in [0.25, 0.3) is 11.0 Å². The van der Waals surface area contributed by atoms with Gasteiger partial charge in [0.05, 0.1) is 0 Å². The summed E-state index contributed by atoms with van der Waals surface area (Å²) in [6.45, 7) is 7.84. The first-order valence-electron chi connectivity index (χ1n) is 10.3. The predicted molar refractivity (Wildman–Crippen MR) is 107 cm³/mol. The van der Waals surface area contributed by atoms with E-state index in [1.54, 1.807) is 0 Å². The maximum atomic E-state index is 4.96. The fourth-order valence-corrected chi connectivity index (χ4v) is 5.90. The van der Waals surface area contributed by atoms with Crippen LogP contribution in [-0.2, 0) is 12.0 Å². The molecule has 5 heterocycles. The van der Waals surface area contributed by atoms with Gasteiger partial charge in [0.15, 0.2) is 0 Å². The molecule has 3 atom stereocenters. The summed E-state index contributed by atoms with van der Waals surface area (Å²) in [6.07, 6.45) is 0.